The highest BCUT2D eigenvalue weighted by molar-refractivity contribution is 4.81. The van der Waals surface area contributed by atoms with E-state index in [0.717, 1.165) is 19.5 Å². The predicted molar refractivity (Wildman–Crippen MR) is 58.2 cm³/mol. The quantitative estimate of drug-likeness (QED) is 0.657. The average Bonchev–Trinajstić information content (AvgIpc) is 2.33. The second-order valence-corrected chi connectivity index (χ2v) is 4.60. The minimum atomic E-state index is -0.268. The molecule has 2 aliphatic rings. The Morgan fingerprint density at radius 1 is 1.19 bits per heavy atom. The fraction of sp³-hybridized carbons (Fsp3) is 1.00. The van der Waals surface area contributed by atoms with E-state index in [2.05, 4.69) is 4.90 Å². The summed E-state index contributed by atoms with van der Waals surface area (Å²) in [4.78, 5) is 2.20. The molecule has 2 fully saturated rings. The monoisotopic (exact) mass is 231 g/mol. The van der Waals surface area contributed by atoms with Gasteiger partial charge < -0.3 is 19.7 Å². The third-order valence-corrected chi connectivity index (χ3v) is 3.46. The Morgan fingerprint density at radius 2 is 2.00 bits per heavy atom. The van der Waals surface area contributed by atoms with E-state index in [9.17, 15) is 10.2 Å². The van der Waals surface area contributed by atoms with Gasteiger partial charge in [0.25, 0.3) is 0 Å². The third-order valence-electron chi connectivity index (χ3n) is 3.46. The summed E-state index contributed by atoms with van der Waals surface area (Å²) in [6.45, 7) is 4.30. The van der Waals surface area contributed by atoms with E-state index in [0.29, 0.717) is 26.4 Å². The minimum absolute atomic E-state index is 0.0721. The first-order valence-electron chi connectivity index (χ1n) is 5.99. The van der Waals surface area contributed by atoms with Crippen LogP contribution in [0.2, 0.25) is 0 Å². The molecule has 2 rings (SSSR count). The normalized spacial score (nSPS) is 37.5. The van der Waals surface area contributed by atoms with Crippen LogP contribution in [0.15, 0.2) is 0 Å². The zero-order chi connectivity index (χ0) is 11.4. The first kappa shape index (κ1) is 12.3. The zero-order valence-corrected chi connectivity index (χ0v) is 9.55. The molecule has 0 bridgehead atoms. The molecule has 3 atom stereocenters. The molecule has 0 aliphatic carbocycles. The molecule has 2 saturated heterocycles. The Bertz CT molecular complexity index is 214. The standard InChI is InChI=1S/C11H21NO4/c13-6-10-8-16-4-2-12(10)5-9-7-15-3-1-11(9)14/h9-11,13-14H,1-8H2. The lowest BCUT2D eigenvalue weighted by molar-refractivity contribution is -0.0778. The number of aliphatic hydroxyl groups is 2. The summed E-state index contributed by atoms with van der Waals surface area (Å²) < 4.78 is 10.7. The van der Waals surface area contributed by atoms with Crippen LogP contribution in [0.5, 0.6) is 0 Å². The molecule has 2 heterocycles. The van der Waals surface area contributed by atoms with Crippen molar-refractivity contribution >= 4 is 0 Å². The van der Waals surface area contributed by atoms with Gasteiger partial charge in [-0.2, -0.15) is 0 Å². The highest BCUT2D eigenvalue weighted by Gasteiger charge is 2.30. The number of hydrogen-bond acceptors (Lipinski definition) is 5. The van der Waals surface area contributed by atoms with Crippen LogP contribution in [0, 0.1) is 5.92 Å². The summed E-state index contributed by atoms with van der Waals surface area (Å²) >= 11 is 0. The van der Waals surface area contributed by atoms with Crippen LogP contribution in [0.25, 0.3) is 0 Å². The van der Waals surface area contributed by atoms with E-state index in [1.165, 1.54) is 0 Å². The molecule has 0 amide bonds. The molecule has 0 saturated carbocycles. The van der Waals surface area contributed by atoms with Gasteiger partial charge in [-0.05, 0) is 6.42 Å². The Labute approximate surface area is 96.0 Å². The molecule has 3 unspecified atom stereocenters. The van der Waals surface area contributed by atoms with Gasteiger partial charge in [-0.3, -0.25) is 4.90 Å². The van der Waals surface area contributed by atoms with Crippen molar-refractivity contribution in [2.45, 2.75) is 18.6 Å². The number of morpholine rings is 1. The number of rotatable bonds is 3. The molecular formula is C11H21NO4. The van der Waals surface area contributed by atoms with Crippen LogP contribution >= 0.6 is 0 Å². The molecule has 0 aromatic carbocycles. The maximum atomic E-state index is 9.86. The van der Waals surface area contributed by atoms with Gasteiger partial charge in [0.05, 0.1) is 38.6 Å². The lowest BCUT2D eigenvalue weighted by Crippen LogP contribution is -2.51. The van der Waals surface area contributed by atoms with Gasteiger partial charge in [0, 0.05) is 25.6 Å². The molecule has 94 valence electrons. The number of hydrogen-bond donors (Lipinski definition) is 2. The molecule has 0 spiro atoms. The summed E-state index contributed by atoms with van der Waals surface area (Å²) in [6.07, 6.45) is 0.453. The fourth-order valence-electron chi connectivity index (χ4n) is 2.36. The van der Waals surface area contributed by atoms with Gasteiger partial charge in [-0.15, -0.1) is 0 Å². The van der Waals surface area contributed by atoms with E-state index in [-0.39, 0.29) is 24.7 Å². The molecule has 5 heteroatoms. The highest BCUT2D eigenvalue weighted by Crippen LogP contribution is 2.18. The van der Waals surface area contributed by atoms with Gasteiger partial charge in [-0.1, -0.05) is 0 Å². The first-order valence-corrected chi connectivity index (χ1v) is 5.99. The second kappa shape index (κ2) is 5.93. The van der Waals surface area contributed by atoms with Gasteiger partial charge in [0.15, 0.2) is 0 Å². The SMILES string of the molecule is OCC1COCCN1CC1COCCC1O. The molecule has 2 aliphatic heterocycles. The van der Waals surface area contributed by atoms with Gasteiger partial charge >= 0.3 is 0 Å². The van der Waals surface area contributed by atoms with Crippen molar-refractivity contribution in [1.29, 1.82) is 0 Å². The Balaban J connectivity index is 1.86. The van der Waals surface area contributed by atoms with E-state index >= 15 is 0 Å². The Morgan fingerprint density at radius 3 is 2.75 bits per heavy atom. The van der Waals surface area contributed by atoms with Crippen LogP contribution < -0.4 is 0 Å². The van der Waals surface area contributed by atoms with Crippen molar-refractivity contribution in [2.24, 2.45) is 5.92 Å². The number of nitrogens with zero attached hydrogens (tertiary/aromatic N) is 1. The molecule has 0 aromatic heterocycles. The van der Waals surface area contributed by atoms with Crippen LogP contribution in [0.3, 0.4) is 0 Å². The van der Waals surface area contributed by atoms with Crippen molar-refractivity contribution < 1.29 is 19.7 Å². The van der Waals surface area contributed by atoms with E-state index < -0.39 is 0 Å². The lowest BCUT2D eigenvalue weighted by atomic mass is 9.97. The molecule has 0 radical (unpaired) electrons. The third kappa shape index (κ3) is 2.93. The van der Waals surface area contributed by atoms with Crippen molar-refractivity contribution in [2.75, 3.05) is 46.1 Å². The van der Waals surface area contributed by atoms with Crippen LogP contribution in [0.1, 0.15) is 6.42 Å². The molecule has 16 heavy (non-hydrogen) atoms. The number of aliphatic hydroxyl groups excluding tert-OH is 2. The van der Waals surface area contributed by atoms with Crippen molar-refractivity contribution in [3.05, 3.63) is 0 Å². The zero-order valence-electron chi connectivity index (χ0n) is 9.55. The smallest absolute Gasteiger partial charge is 0.0644 e. The summed E-state index contributed by atoms with van der Waals surface area (Å²) in [7, 11) is 0. The maximum Gasteiger partial charge on any atom is 0.0644 e. The molecule has 5 nitrogen and oxygen atoms in total. The van der Waals surface area contributed by atoms with Gasteiger partial charge in [0.2, 0.25) is 0 Å². The summed E-state index contributed by atoms with van der Waals surface area (Å²) in [5.41, 5.74) is 0. The highest BCUT2D eigenvalue weighted by atomic mass is 16.5. The predicted octanol–water partition coefficient (Wildman–Crippen LogP) is -0.923. The summed E-state index contributed by atoms with van der Waals surface area (Å²) in [6, 6.07) is 0.0721. The van der Waals surface area contributed by atoms with Crippen LogP contribution in [-0.4, -0.2) is 73.4 Å². The van der Waals surface area contributed by atoms with E-state index in [4.69, 9.17) is 9.47 Å². The Kier molecular flexibility index (Phi) is 4.55. The minimum Gasteiger partial charge on any atom is -0.395 e. The Hall–Kier alpha value is -0.200. The molecule has 0 aromatic rings. The second-order valence-electron chi connectivity index (χ2n) is 4.60. The van der Waals surface area contributed by atoms with Crippen LogP contribution in [0.4, 0.5) is 0 Å². The van der Waals surface area contributed by atoms with E-state index in [1.54, 1.807) is 0 Å². The average molecular weight is 231 g/mol. The van der Waals surface area contributed by atoms with Gasteiger partial charge in [-0.25, -0.2) is 0 Å². The summed E-state index contributed by atoms with van der Waals surface area (Å²) in [5, 5.41) is 19.1. The van der Waals surface area contributed by atoms with Crippen LogP contribution in [-0.2, 0) is 9.47 Å². The molecular weight excluding hydrogens is 210 g/mol. The maximum absolute atomic E-state index is 9.86. The first-order chi connectivity index (χ1) is 7.81. The lowest BCUT2D eigenvalue weighted by Gasteiger charge is -2.38. The number of ether oxygens (including phenoxy) is 2. The van der Waals surface area contributed by atoms with Crippen molar-refractivity contribution in [3.8, 4) is 0 Å². The molecule has 2 N–H and O–H groups in total. The van der Waals surface area contributed by atoms with Gasteiger partial charge in [0.1, 0.15) is 0 Å². The topological polar surface area (TPSA) is 62.2 Å². The van der Waals surface area contributed by atoms with E-state index in [1.807, 2.05) is 0 Å². The largest absolute Gasteiger partial charge is 0.395 e. The fourth-order valence-corrected chi connectivity index (χ4v) is 2.36. The summed E-state index contributed by atoms with van der Waals surface area (Å²) in [5.74, 6) is 0.167. The van der Waals surface area contributed by atoms with Crippen molar-refractivity contribution in [3.63, 3.8) is 0 Å². The van der Waals surface area contributed by atoms with Crippen molar-refractivity contribution in [1.82, 2.24) is 4.90 Å².